The summed E-state index contributed by atoms with van der Waals surface area (Å²) in [7, 11) is 0. The number of nitrogens with two attached hydrogens (primary N) is 1. The highest BCUT2D eigenvalue weighted by Gasteiger charge is 2.44. The molecule has 1 saturated carbocycles. The lowest BCUT2D eigenvalue weighted by Gasteiger charge is -2.39. The van der Waals surface area contributed by atoms with E-state index in [0.717, 1.165) is 30.9 Å². The summed E-state index contributed by atoms with van der Waals surface area (Å²) < 4.78 is 6.30. The Morgan fingerprint density at radius 2 is 2.18 bits per heavy atom. The zero-order valence-electron chi connectivity index (χ0n) is 10.7. The van der Waals surface area contributed by atoms with E-state index < -0.39 is 0 Å². The van der Waals surface area contributed by atoms with Gasteiger partial charge in [0.2, 0.25) is 0 Å². The molecule has 1 aliphatic heterocycles. The van der Waals surface area contributed by atoms with Crippen LogP contribution in [-0.2, 0) is 0 Å². The molecule has 2 nitrogen and oxygen atoms in total. The molecule has 2 heteroatoms. The maximum absolute atomic E-state index is 6.34. The molecule has 3 unspecified atom stereocenters. The Kier molecular flexibility index (Phi) is 2.44. The highest BCUT2D eigenvalue weighted by atomic mass is 16.5. The fourth-order valence-corrected chi connectivity index (χ4v) is 3.46. The van der Waals surface area contributed by atoms with Crippen molar-refractivity contribution in [1.29, 1.82) is 0 Å². The Morgan fingerprint density at radius 1 is 1.35 bits per heavy atom. The van der Waals surface area contributed by atoms with Gasteiger partial charge in [0.25, 0.3) is 0 Å². The third-order valence-electron chi connectivity index (χ3n) is 4.30. The van der Waals surface area contributed by atoms with Gasteiger partial charge in [0.05, 0.1) is 0 Å². The molecule has 1 aromatic carbocycles. The maximum Gasteiger partial charge on any atom is 0.124 e. The minimum Gasteiger partial charge on any atom is -0.487 e. The molecule has 1 heterocycles. The number of hydrogen-bond donors (Lipinski definition) is 1. The third-order valence-corrected chi connectivity index (χ3v) is 4.30. The largest absolute Gasteiger partial charge is 0.487 e. The standard InChI is InChI=1S/C15H21NO/c1-10-3-4-14-12(7-10)13(16)9-15(17-14)6-5-11(2)8-15/h3-4,7,11,13H,5-6,8-9,16H2,1-2H3. The second-order valence-electron chi connectivity index (χ2n) is 5.98. The maximum atomic E-state index is 6.34. The van der Waals surface area contributed by atoms with Crippen molar-refractivity contribution < 1.29 is 4.74 Å². The molecule has 2 N–H and O–H groups in total. The van der Waals surface area contributed by atoms with Gasteiger partial charge in [-0.1, -0.05) is 24.6 Å². The molecule has 0 radical (unpaired) electrons. The number of ether oxygens (including phenoxy) is 1. The van der Waals surface area contributed by atoms with E-state index in [9.17, 15) is 0 Å². The molecule has 92 valence electrons. The van der Waals surface area contributed by atoms with E-state index in [1.807, 2.05) is 0 Å². The summed E-state index contributed by atoms with van der Waals surface area (Å²) in [6.07, 6.45) is 4.57. The molecule has 0 amide bonds. The smallest absolute Gasteiger partial charge is 0.124 e. The fourth-order valence-electron chi connectivity index (χ4n) is 3.46. The second-order valence-corrected chi connectivity index (χ2v) is 5.98. The Hall–Kier alpha value is -1.02. The molecule has 1 fully saturated rings. The summed E-state index contributed by atoms with van der Waals surface area (Å²) in [5.74, 6) is 1.79. The first-order valence-corrected chi connectivity index (χ1v) is 6.63. The molecule has 1 aliphatic carbocycles. The van der Waals surface area contributed by atoms with Crippen molar-refractivity contribution in [2.45, 2.75) is 51.2 Å². The normalized spacial score (nSPS) is 35.7. The summed E-state index contributed by atoms with van der Waals surface area (Å²) in [6.45, 7) is 4.42. The topological polar surface area (TPSA) is 35.2 Å². The van der Waals surface area contributed by atoms with Crippen molar-refractivity contribution in [3.63, 3.8) is 0 Å². The Labute approximate surface area is 103 Å². The fraction of sp³-hybridized carbons (Fsp3) is 0.600. The van der Waals surface area contributed by atoms with Gasteiger partial charge < -0.3 is 10.5 Å². The molecule has 0 saturated heterocycles. The van der Waals surface area contributed by atoms with E-state index in [2.05, 4.69) is 32.0 Å². The average Bonchev–Trinajstić information content (AvgIpc) is 2.61. The first-order valence-electron chi connectivity index (χ1n) is 6.63. The summed E-state index contributed by atoms with van der Waals surface area (Å²) in [5.41, 5.74) is 8.82. The number of rotatable bonds is 0. The van der Waals surface area contributed by atoms with Crippen molar-refractivity contribution >= 4 is 0 Å². The zero-order valence-corrected chi connectivity index (χ0v) is 10.7. The van der Waals surface area contributed by atoms with Crippen LogP contribution >= 0.6 is 0 Å². The van der Waals surface area contributed by atoms with Gasteiger partial charge in [0.15, 0.2) is 0 Å². The van der Waals surface area contributed by atoms with Gasteiger partial charge in [-0.3, -0.25) is 0 Å². The van der Waals surface area contributed by atoms with Crippen molar-refractivity contribution in [3.8, 4) is 5.75 Å². The molecule has 2 aliphatic rings. The zero-order chi connectivity index (χ0) is 12.0. The van der Waals surface area contributed by atoms with Gasteiger partial charge in [-0.25, -0.2) is 0 Å². The Balaban J connectivity index is 1.96. The molecule has 0 aromatic heterocycles. The lowest BCUT2D eigenvalue weighted by Crippen LogP contribution is -2.40. The minimum atomic E-state index is 0.0289. The SMILES string of the molecule is Cc1ccc2c(c1)C(N)CC1(CCC(C)C1)O2. The summed E-state index contributed by atoms with van der Waals surface area (Å²) in [6, 6.07) is 6.52. The Morgan fingerprint density at radius 3 is 2.88 bits per heavy atom. The van der Waals surface area contributed by atoms with Crippen LogP contribution in [0.2, 0.25) is 0 Å². The average molecular weight is 231 g/mol. The van der Waals surface area contributed by atoms with Gasteiger partial charge >= 0.3 is 0 Å². The molecule has 3 rings (SSSR count). The number of benzene rings is 1. The van der Waals surface area contributed by atoms with Crippen molar-refractivity contribution in [1.82, 2.24) is 0 Å². The van der Waals surface area contributed by atoms with E-state index in [1.54, 1.807) is 0 Å². The van der Waals surface area contributed by atoms with E-state index in [1.165, 1.54) is 17.5 Å². The van der Waals surface area contributed by atoms with E-state index >= 15 is 0 Å². The molecule has 1 spiro atoms. The molecular weight excluding hydrogens is 210 g/mol. The van der Waals surface area contributed by atoms with Crippen LogP contribution in [0.15, 0.2) is 18.2 Å². The van der Waals surface area contributed by atoms with E-state index in [-0.39, 0.29) is 11.6 Å². The van der Waals surface area contributed by atoms with E-state index in [4.69, 9.17) is 10.5 Å². The van der Waals surface area contributed by atoms with Gasteiger partial charge in [0, 0.05) is 18.0 Å². The van der Waals surface area contributed by atoms with Gasteiger partial charge in [-0.2, -0.15) is 0 Å². The molecule has 1 aromatic rings. The highest BCUT2D eigenvalue weighted by Crippen LogP contribution is 2.48. The predicted octanol–water partition coefficient (Wildman–Crippen LogP) is 3.34. The van der Waals surface area contributed by atoms with E-state index in [0.29, 0.717) is 0 Å². The Bertz CT molecular complexity index is 443. The summed E-state index contributed by atoms with van der Waals surface area (Å²) in [5, 5.41) is 0. The quantitative estimate of drug-likeness (QED) is 0.743. The van der Waals surface area contributed by atoms with Crippen molar-refractivity contribution in [2.24, 2.45) is 11.7 Å². The lowest BCUT2D eigenvalue weighted by molar-refractivity contribution is 0.0393. The summed E-state index contributed by atoms with van der Waals surface area (Å²) in [4.78, 5) is 0. The van der Waals surface area contributed by atoms with Crippen LogP contribution in [0.1, 0.15) is 49.8 Å². The number of hydrogen-bond acceptors (Lipinski definition) is 2. The highest BCUT2D eigenvalue weighted by molar-refractivity contribution is 5.41. The molecule has 3 atom stereocenters. The van der Waals surface area contributed by atoms with Gasteiger partial charge in [0.1, 0.15) is 11.4 Å². The number of aryl methyl sites for hydroxylation is 1. The third kappa shape index (κ3) is 1.85. The van der Waals surface area contributed by atoms with Crippen LogP contribution in [0.25, 0.3) is 0 Å². The predicted molar refractivity (Wildman–Crippen MR) is 69.1 cm³/mol. The van der Waals surface area contributed by atoms with Gasteiger partial charge in [-0.05, 0) is 38.2 Å². The van der Waals surface area contributed by atoms with Crippen LogP contribution in [0.4, 0.5) is 0 Å². The van der Waals surface area contributed by atoms with Crippen LogP contribution in [0, 0.1) is 12.8 Å². The second kappa shape index (κ2) is 3.74. The lowest BCUT2D eigenvalue weighted by atomic mass is 9.85. The first-order chi connectivity index (χ1) is 8.08. The van der Waals surface area contributed by atoms with Crippen molar-refractivity contribution in [2.75, 3.05) is 0 Å². The van der Waals surface area contributed by atoms with Crippen LogP contribution in [0.5, 0.6) is 5.75 Å². The van der Waals surface area contributed by atoms with Crippen LogP contribution in [0.3, 0.4) is 0 Å². The molecule has 0 bridgehead atoms. The first kappa shape index (κ1) is 11.1. The van der Waals surface area contributed by atoms with Crippen LogP contribution in [-0.4, -0.2) is 5.60 Å². The van der Waals surface area contributed by atoms with Crippen molar-refractivity contribution in [3.05, 3.63) is 29.3 Å². The monoisotopic (exact) mass is 231 g/mol. The number of fused-ring (bicyclic) bond motifs is 1. The molecule has 17 heavy (non-hydrogen) atoms. The van der Waals surface area contributed by atoms with Crippen LogP contribution < -0.4 is 10.5 Å². The summed E-state index contributed by atoms with van der Waals surface area (Å²) >= 11 is 0. The molecular formula is C15H21NO. The van der Waals surface area contributed by atoms with Gasteiger partial charge in [-0.15, -0.1) is 0 Å². The minimum absolute atomic E-state index is 0.0289.